The van der Waals surface area contributed by atoms with Crippen molar-refractivity contribution in [1.29, 1.82) is 0 Å². The summed E-state index contributed by atoms with van der Waals surface area (Å²) in [6.45, 7) is 3.43. The summed E-state index contributed by atoms with van der Waals surface area (Å²) in [4.78, 5) is 0. The molecule has 0 spiro atoms. The first-order valence-corrected chi connectivity index (χ1v) is 4.76. The van der Waals surface area contributed by atoms with Crippen molar-refractivity contribution < 1.29 is 13.2 Å². The summed E-state index contributed by atoms with van der Waals surface area (Å²) < 4.78 is 37.2. The van der Waals surface area contributed by atoms with Gasteiger partial charge >= 0.3 is 6.18 Å². The van der Waals surface area contributed by atoms with E-state index in [4.69, 9.17) is 0 Å². The molecule has 1 aliphatic rings. The van der Waals surface area contributed by atoms with Crippen LogP contribution in [0.3, 0.4) is 0 Å². The Morgan fingerprint density at radius 2 is 1.93 bits per heavy atom. The molecule has 0 N–H and O–H groups in total. The van der Waals surface area contributed by atoms with Crippen LogP contribution in [0.1, 0.15) is 35.4 Å². The van der Waals surface area contributed by atoms with Crippen molar-refractivity contribution in [2.24, 2.45) is 0 Å². The number of halogens is 3. The molecule has 1 aromatic rings. The number of rotatable bonds is 2. The van der Waals surface area contributed by atoms with Crippen LogP contribution in [0.5, 0.6) is 0 Å². The molecule has 0 unspecified atom stereocenters. The first-order chi connectivity index (χ1) is 7.02. The molecule has 1 aromatic carbocycles. The molecule has 1 aliphatic carbocycles. The van der Waals surface area contributed by atoms with Crippen LogP contribution in [0, 0.1) is 6.08 Å². The molecule has 0 bridgehead atoms. The van der Waals surface area contributed by atoms with Gasteiger partial charge in [-0.05, 0) is 48.1 Å². The molecule has 3 heteroatoms. The Morgan fingerprint density at radius 1 is 1.27 bits per heavy atom. The third-order valence-electron chi connectivity index (χ3n) is 2.59. The third kappa shape index (κ3) is 2.06. The predicted octanol–water partition coefficient (Wildman–Crippen LogP) is 3.92. The molecule has 1 saturated carbocycles. The van der Waals surface area contributed by atoms with Crippen LogP contribution < -0.4 is 0 Å². The lowest BCUT2D eigenvalue weighted by molar-refractivity contribution is -0.137. The fourth-order valence-corrected chi connectivity index (χ4v) is 1.64. The standard InChI is InChI=1S/C12H10F3/c1-2-8-7-10(12(13,14)15)5-6-11(8)9-3-4-9/h5-7,9H,1,3-4H2. The van der Waals surface area contributed by atoms with Crippen LogP contribution in [0.25, 0.3) is 0 Å². The quantitative estimate of drug-likeness (QED) is 0.695. The van der Waals surface area contributed by atoms with E-state index in [-0.39, 0.29) is 0 Å². The average Bonchev–Trinajstić information content (AvgIpc) is 2.98. The Bertz CT molecular complexity index is 386. The molecule has 15 heavy (non-hydrogen) atoms. The van der Waals surface area contributed by atoms with Gasteiger partial charge in [-0.25, -0.2) is 0 Å². The lowest BCUT2D eigenvalue weighted by Gasteiger charge is -2.10. The molecule has 2 rings (SSSR count). The fourth-order valence-electron chi connectivity index (χ4n) is 1.64. The van der Waals surface area contributed by atoms with Crippen LogP contribution in [0.15, 0.2) is 24.8 Å². The summed E-state index contributed by atoms with van der Waals surface area (Å²) in [5, 5.41) is 0. The summed E-state index contributed by atoms with van der Waals surface area (Å²) in [6.07, 6.45) is 0.407. The number of hydrogen-bond donors (Lipinski definition) is 0. The van der Waals surface area contributed by atoms with Crippen LogP contribution in [0.4, 0.5) is 13.2 Å². The summed E-state index contributed by atoms with van der Waals surface area (Å²) >= 11 is 0. The Balaban J connectivity index is 2.42. The third-order valence-corrected chi connectivity index (χ3v) is 2.59. The van der Waals surface area contributed by atoms with Gasteiger partial charge in [0.15, 0.2) is 0 Å². The molecule has 0 amide bonds. The van der Waals surface area contributed by atoms with Crippen LogP contribution >= 0.6 is 0 Å². The van der Waals surface area contributed by atoms with Gasteiger partial charge in [0.1, 0.15) is 0 Å². The Hall–Kier alpha value is -1.25. The highest BCUT2D eigenvalue weighted by Crippen LogP contribution is 2.43. The minimum atomic E-state index is -4.28. The van der Waals surface area contributed by atoms with Gasteiger partial charge in [0, 0.05) is 0 Å². The summed E-state index contributed by atoms with van der Waals surface area (Å²) in [5.41, 5.74) is 0.809. The molecule has 0 nitrogen and oxygen atoms in total. The Morgan fingerprint density at radius 3 is 2.40 bits per heavy atom. The monoisotopic (exact) mass is 211 g/mol. The molecule has 0 aromatic heterocycles. The maximum Gasteiger partial charge on any atom is 0.416 e. The van der Waals surface area contributed by atoms with Gasteiger partial charge < -0.3 is 0 Å². The fraction of sp³-hybridized carbons (Fsp3) is 0.333. The van der Waals surface area contributed by atoms with Gasteiger partial charge in [-0.15, -0.1) is 0 Å². The van der Waals surface area contributed by atoms with Crippen molar-refractivity contribution in [3.05, 3.63) is 47.5 Å². The SMILES string of the molecule is C=[C]c1cc(C(F)(F)F)ccc1C1CC1. The van der Waals surface area contributed by atoms with E-state index in [1.807, 2.05) is 0 Å². The highest BCUT2D eigenvalue weighted by atomic mass is 19.4. The second-order valence-electron chi connectivity index (χ2n) is 3.75. The van der Waals surface area contributed by atoms with E-state index in [1.165, 1.54) is 0 Å². The van der Waals surface area contributed by atoms with E-state index < -0.39 is 11.7 Å². The Kier molecular flexibility index (Phi) is 2.33. The number of alkyl halides is 3. The first kappa shape index (κ1) is 10.3. The van der Waals surface area contributed by atoms with Crippen molar-refractivity contribution in [1.82, 2.24) is 0 Å². The zero-order valence-corrected chi connectivity index (χ0v) is 8.06. The topological polar surface area (TPSA) is 0 Å². The molecule has 0 heterocycles. The van der Waals surface area contributed by atoms with Gasteiger partial charge in [-0.3, -0.25) is 0 Å². The van der Waals surface area contributed by atoms with Gasteiger partial charge in [-0.2, -0.15) is 13.2 Å². The van der Waals surface area contributed by atoms with Crippen LogP contribution in [-0.2, 0) is 6.18 Å². The highest BCUT2D eigenvalue weighted by molar-refractivity contribution is 5.40. The summed E-state index contributed by atoms with van der Waals surface area (Å²) in [7, 11) is 0. The molecular weight excluding hydrogens is 201 g/mol. The van der Waals surface area contributed by atoms with Crippen molar-refractivity contribution >= 4 is 0 Å². The molecular formula is C12H10F3. The van der Waals surface area contributed by atoms with E-state index in [0.717, 1.165) is 30.5 Å². The van der Waals surface area contributed by atoms with E-state index in [2.05, 4.69) is 12.7 Å². The van der Waals surface area contributed by atoms with Crippen molar-refractivity contribution in [3.63, 3.8) is 0 Å². The normalized spacial score (nSPS) is 16.5. The van der Waals surface area contributed by atoms with Crippen LogP contribution in [-0.4, -0.2) is 0 Å². The minimum Gasteiger partial charge on any atom is -0.166 e. The maximum atomic E-state index is 12.4. The Labute approximate surface area is 86.4 Å². The second kappa shape index (κ2) is 3.40. The lowest BCUT2D eigenvalue weighted by atomic mass is 10.00. The minimum absolute atomic E-state index is 0.413. The molecule has 0 aliphatic heterocycles. The molecule has 1 radical (unpaired) electrons. The first-order valence-electron chi connectivity index (χ1n) is 4.76. The second-order valence-corrected chi connectivity index (χ2v) is 3.75. The molecule has 1 fully saturated rings. The van der Waals surface area contributed by atoms with Crippen molar-refractivity contribution in [3.8, 4) is 0 Å². The van der Waals surface area contributed by atoms with Crippen molar-refractivity contribution in [2.75, 3.05) is 0 Å². The average molecular weight is 211 g/mol. The van der Waals surface area contributed by atoms with E-state index in [0.29, 0.717) is 11.5 Å². The van der Waals surface area contributed by atoms with Gasteiger partial charge in [0.05, 0.1) is 5.56 Å². The van der Waals surface area contributed by atoms with Crippen LogP contribution in [0.2, 0.25) is 0 Å². The molecule has 79 valence electrons. The number of hydrogen-bond acceptors (Lipinski definition) is 0. The maximum absolute atomic E-state index is 12.4. The lowest BCUT2D eigenvalue weighted by Crippen LogP contribution is -2.05. The predicted molar refractivity (Wildman–Crippen MR) is 51.4 cm³/mol. The van der Waals surface area contributed by atoms with Gasteiger partial charge in [0.25, 0.3) is 0 Å². The summed E-state index contributed by atoms with van der Waals surface area (Å²) in [6, 6.07) is 3.81. The van der Waals surface area contributed by atoms with E-state index in [9.17, 15) is 13.2 Å². The zero-order valence-electron chi connectivity index (χ0n) is 8.06. The zero-order chi connectivity index (χ0) is 11.1. The molecule has 0 saturated heterocycles. The van der Waals surface area contributed by atoms with Gasteiger partial charge in [-0.1, -0.05) is 12.6 Å². The molecule has 0 atom stereocenters. The largest absolute Gasteiger partial charge is 0.416 e. The number of benzene rings is 1. The van der Waals surface area contributed by atoms with E-state index in [1.54, 1.807) is 6.07 Å². The van der Waals surface area contributed by atoms with Gasteiger partial charge in [0.2, 0.25) is 0 Å². The van der Waals surface area contributed by atoms with E-state index >= 15 is 0 Å². The summed E-state index contributed by atoms with van der Waals surface area (Å²) in [5.74, 6) is 0.413. The highest BCUT2D eigenvalue weighted by Gasteiger charge is 2.32. The van der Waals surface area contributed by atoms with Crippen molar-refractivity contribution in [2.45, 2.75) is 24.9 Å². The smallest absolute Gasteiger partial charge is 0.166 e.